The number of hydrogen-bond acceptors (Lipinski definition) is 5. The third kappa shape index (κ3) is 2.97. The average molecular weight is 212 g/mol. The highest BCUT2D eigenvalue weighted by atomic mass is 32.2. The van der Waals surface area contributed by atoms with Crippen molar-refractivity contribution in [3.8, 4) is 0 Å². The summed E-state index contributed by atoms with van der Waals surface area (Å²) >= 11 is 0. The van der Waals surface area contributed by atoms with Gasteiger partial charge in [-0.2, -0.15) is 8.42 Å². The third-order valence-corrected chi connectivity index (χ3v) is 2.38. The van der Waals surface area contributed by atoms with Crippen molar-refractivity contribution in [2.45, 2.75) is 11.3 Å². The van der Waals surface area contributed by atoms with E-state index in [1.807, 2.05) is 0 Å². The number of amides is 1. The minimum atomic E-state index is -4.89. The van der Waals surface area contributed by atoms with Gasteiger partial charge in [0.2, 0.25) is 5.91 Å². The van der Waals surface area contributed by atoms with Gasteiger partial charge in [0.25, 0.3) is 10.1 Å². The van der Waals surface area contributed by atoms with Crippen LogP contribution in [0.15, 0.2) is 0 Å². The zero-order valence-electron chi connectivity index (χ0n) is 6.25. The van der Waals surface area contributed by atoms with Crippen molar-refractivity contribution in [3.63, 3.8) is 0 Å². The number of rotatable bonds is 4. The van der Waals surface area contributed by atoms with Gasteiger partial charge in [-0.05, 0) is 0 Å². The predicted octanol–water partition coefficient (Wildman–Crippen LogP) is -2.86. The van der Waals surface area contributed by atoms with Crippen LogP contribution in [0, 0.1) is 0 Å². The van der Waals surface area contributed by atoms with Gasteiger partial charge in [0.05, 0.1) is 0 Å². The van der Waals surface area contributed by atoms with Gasteiger partial charge in [0.1, 0.15) is 6.04 Å². The van der Waals surface area contributed by atoms with Crippen LogP contribution in [-0.4, -0.2) is 41.2 Å². The van der Waals surface area contributed by atoms with Crippen molar-refractivity contribution in [1.29, 1.82) is 0 Å². The molecule has 0 aromatic heterocycles. The number of nitrogens with two attached hydrogens (primary N) is 2. The lowest BCUT2D eigenvalue weighted by Crippen LogP contribution is -2.52. The molecule has 76 valence electrons. The molecule has 8 nitrogen and oxygen atoms in total. The Morgan fingerprint density at radius 2 is 1.69 bits per heavy atom. The van der Waals surface area contributed by atoms with Crippen molar-refractivity contribution < 1.29 is 27.7 Å². The molecule has 0 spiro atoms. The van der Waals surface area contributed by atoms with Crippen LogP contribution in [0.25, 0.3) is 0 Å². The first-order valence-electron chi connectivity index (χ1n) is 2.92. The molecule has 6 N–H and O–H groups in total. The highest BCUT2D eigenvalue weighted by Gasteiger charge is 2.39. The molecule has 0 fully saturated rings. The summed E-state index contributed by atoms with van der Waals surface area (Å²) in [7, 11) is -4.89. The molecule has 0 aliphatic heterocycles. The smallest absolute Gasteiger partial charge is 0.322 e. The molecule has 0 aromatic carbocycles. The van der Waals surface area contributed by atoms with Crippen LogP contribution in [0.5, 0.6) is 0 Å². The maximum atomic E-state index is 10.4. The molecule has 0 unspecified atom stereocenters. The van der Waals surface area contributed by atoms with Crippen LogP contribution in [0.2, 0.25) is 0 Å². The van der Waals surface area contributed by atoms with E-state index in [1.54, 1.807) is 0 Å². The zero-order chi connectivity index (χ0) is 10.8. The van der Waals surface area contributed by atoms with Crippen LogP contribution >= 0.6 is 0 Å². The first-order chi connectivity index (χ1) is 5.68. The van der Waals surface area contributed by atoms with Crippen molar-refractivity contribution >= 4 is 22.0 Å². The van der Waals surface area contributed by atoms with Crippen LogP contribution in [0.4, 0.5) is 0 Å². The van der Waals surface area contributed by atoms with E-state index >= 15 is 0 Å². The van der Waals surface area contributed by atoms with Gasteiger partial charge in [-0.1, -0.05) is 0 Å². The molecular formula is C4H8N2O6S. The largest absolute Gasteiger partial charge is 0.480 e. The highest BCUT2D eigenvalue weighted by Crippen LogP contribution is 2.02. The number of carboxylic acids is 1. The molecule has 0 saturated carbocycles. The van der Waals surface area contributed by atoms with Gasteiger partial charge < -0.3 is 16.6 Å². The minimum Gasteiger partial charge on any atom is -0.480 e. The summed E-state index contributed by atoms with van der Waals surface area (Å²) in [5.74, 6) is -3.26. The average Bonchev–Trinajstić information content (AvgIpc) is 1.82. The van der Waals surface area contributed by atoms with Crippen molar-refractivity contribution in [3.05, 3.63) is 0 Å². The van der Waals surface area contributed by atoms with Crippen LogP contribution in [-0.2, 0) is 19.7 Å². The lowest BCUT2D eigenvalue weighted by Gasteiger charge is -2.13. The van der Waals surface area contributed by atoms with Crippen LogP contribution in [0.1, 0.15) is 0 Å². The Morgan fingerprint density at radius 3 is 1.77 bits per heavy atom. The Balaban J connectivity index is 5.07. The quantitative estimate of drug-likeness (QED) is 0.364. The summed E-state index contributed by atoms with van der Waals surface area (Å²) in [6, 6.07) is -2.08. The molecule has 0 heterocycles. The van der Waals surface area contributed by atoms with E-state index in [2.05, 4.69) is 5.73 Å². The van der Waals surface area contributed by atoms with E-state index in [1.165, 1.54) is 0 Å². The molecule has 9 heteroatoms. The summed E-state index contributed by atoms with van der Waals surface area (Å²) in [6.07, 6.45) is 0. The van der Waals surface area contributed by atoms with Crippen LogP contribution < -0.4 is 11.5 Å². The molecule has 0 aliphatic carbocycles. The number of carboxylic acid groups (broad SMARTS) is 1. The summed E-state index contributed by atoms with van der Waals surface area (Å²) in [5.41, 5.74) is 9.35. The lowest BCUT2D eigenvalue weighted by molar-refractivity contribution is -0.140. The molecule has 0 aliphatic rings. The Bertz CT molecular complexity index is 322. The first-order valence-corrected chi connectivity index (χ1v) is 4.42. The maximum absolute atomic E-state index is 10.4. The van der Waals surface area contributed by atoms with E-state index in [9.17, 15) is 18.0 Å². The molecular weight excluding hydrogens is 204 g/mol. The number of carbonyl (C=O) groups is 2. The molecule has 0 aromatic rings. The van der Waals surface area contributed by atoms with Crippen molar-refractivity contribution in [1.82, 2.24) is 0 Å². The summed E-state index contributed by atoms with van der Waals surface area (Å²) in [6.45, 7) is 0. The Hall–Kier alpha value is -1.19. The van der Waals surface area contributed by atoms with E-state index < -0.39 is 33.3 Å². The maximum Gasteiger partial charge on any atom is 0.322 e. The van der Waals surface area contributed by atoms with E-state index in [0.29, 0.717) is 0 Å². The number of hydrogen-bond donors (Lipinski definition) is 4. The fourth-order valence-corrected chi connectivity index (χ4v) is 1.42. The number of primary amides is 1. The second-order valence-corrected chi connectivity index (χ2v) is 3.74. The summed E-state index contributed by atoms with van der Waals surface area (Å²) < 4.78 is 29.3. The third-order valence-electron chi connectivity index (χ3n) is 1.21. The fraction of sp³-hybridized carbons (Fsp3) is 0.500. The second kappa shape index (κ2) is 3.68. The van der Waals surface area contributed by atoms with E-state index in [0.717, 1.165) is 0 Å². The van der Waals surface area contributed by atoms with E-state index in [4.69, 9.17) is 15.4 Å². The van der Waals surface area contributed by atoms with Gasteiger partial charge in [0, 0.05) is 0 Å². The highest BCUT2D eigenvalue weighted by molar-refractivity contribution is 7.87. The Labute approximate surface area is 73.3 Å². The Kier molecular flexibility index (Phi) is 3.34. The summed E-state index contributed by atoms with van der Waals surface area (Å²) in [4.78, 5) is 20.6. The summed E-state index contributed by atoms with van der Waals surface area (Å²) in [5, 5.41) is 5.93. The van der Waals surface area contributed by atoms with Crippen molar-refractivity contribution in [2.24, 2.45) is 11.5 Å². The van der Waals surface area contributed by atoms with Gasteiger partial charge >= 0.3 is 5.97 Å². The fourth-order valence-electron chi connectivity index (χ4n) is 0.639. The lowest BCUT2D eigenvalue weighted by atomic mass is 10.2. The second-order valence-electron chi connectivity index (χ2n) is 2.20. The molecule has 0 radical (unpaired) electrons. The Morgan fingerprint density at radius 1 is 1.31 bits per heavy atom. The van der Waals surface area contributed by atoms with Gasteiger partial charge in [0.15, 0.2) is 5.25 Å². The van der Waals surface area contributed by atoms with Crippen LogP contribution in [0.3, 0.4) is 0 Å². The molecule has 1 amide bonds. The zero-order valence-corrected chi connectivity index (χ0v) is 7.06. The standard InChI is InChI=1S/C4H8N2O6S/c5-1(4(8)9)2(3(6)7)13(10,11)12/h1-2H,5H2,(H2,6,7)(H,8,9)(H,10,11,12)/t1-,2-/m1/s1. The molecule has 13 heavy (non-hydrogen) atoms. The molecule has 0 bridgehead atoms. The molecule has 2 atom stereocenters. The van der Waals surface area contributed by atoms with Gasteiger partial charge in [-0.15, -0.1) is 0 Å². The van der Waals surface area contributed by atoms with Gasteiger partial charge in [-0.25, -0.2) is 0 Å². The van der Waals surface area contributed by atoms with Gasteiger partial charge in [-0.3, -0.25) is 14.1 Å². The van der Waals surface area contributed by atoms with E-state index in [-0.39, 0.29) is 0 Å². The molecule has 0 rings (SSSR count). The first kappa shape index (κ1) is 11.8. The number of carbonyl (C=O) groups excluding carboxylic acids is 1. The number of aliphatic carboxylic acids is 1. The predicted molar refractivity (Wildman–Crippen MR) is 40.1 cm³/mol. The normalized spacial score (nSPS) is 16.2. The topological polar surface area (TPSA) is 161 Å². The van der Waals surface area contributed by atoms with Crippen molar-refractivity contribution in [2.75, 3.05) is 0 Å². The monoisotopic (exact) mass is 212 g/mol. The SMILES string of the molecule is NC(=O)[C@@H]([C@@H](N)C(=O)O)S(=O)(=O)O. The molecule has 0 saturated heterocycles. The minimum absolute atomic E-state index is 1.52.